The lowest BCUT2D eigenvalue weighted by molar-refractivity contribution is 0.0933. The lowest BCUT2D eigenvalue weighted by atomic mass is 10.1. The minimum Gasteiger partial charge on any atom is -0.467 e. The third-order valence-corrected chi connectivity index (χ3v) is 5.61. The molecule has 35 heavy (non-hydrogen) atoms. The van der Waals surface area contributed by atoms with Crippen molar-refractivity contribution in [2.75, 3.05) is 0 Å². The molecule has 9 nitrogen and oxygen atoms in total. The number of nitrogens with one attached hydrogen (secondary N) is 2. The fourth-order valence-corrected chi connectivity index (χ4v) is 3.57. The molecule has 1 atom stereocenters. The van der Waals surface area contributed by atoms with Gasteiger partial charge in [0.2, 0.25) is 5.43 Å². The largest absolute Gasteiger partial charge is 0.467 e. The number of carbonyl (C=O) groups excluding carboxylic acids is 2. The Kier molecular flexibility index (Phi) is 6.96. The van der Waals surface area contributed by atoms with Crippen molar-refractivity contribution in [3.05, 3.63) is 106 Å². The molecule has 3 heterocycles. The van der Waals surface area contributed by atoms with Gasteiger partial charge in [-0.3, -0.25) is 14.4 Å². The normalized spacial score (nSPS) is 11.9. The highest BCUT2D eigenvalue weighted by Crippen LogP contribution is 2.14. The first-order chi connectivity index (χ1) is 16.8. The molecule has 180 valence electrons. The topological polar surface area (TPSA) is 111 Å². The number of nitrogens with zero attached hydrogens (tertiary/aromatic N) is 3. The van der Waals surface area contributed by atoms with E-state index in [4.69, 9.17) is 4.42 Å². The van der Waals surface area contributed by atoms with Gasteiger partial charge in [0.15, 0.2) is 0 Å². The van der Waals surface area contributed by atoms with Crippen molar-refractivity contribution < 1.29 is 14.0 Å². The Morgan fingerprint density at radius 3 is 2.31 bits per heavy atom. The predicted octanol–water partition coefficient (Wildman–Crippen LogP) is 3.63. The third-order valence-electron chi connectivity index (χ3n) is 5.61. The smallest absolute Gasteiger partial charge is 0.257 e. The first-order valence-corrected chi connectivity index (χ1v) is 11.3. The maximum atomic E-state index is 13.1. The van der Waals surface area contributed by atoms with Crippen LogP contribution in [0, 0.1) is 0 Å². The van der Waals surface area contributed by atoms with E-state index in [1.165, 1.54) is 18.7 Å². The minimum atomic E-state index is -0.627. The van der Waals surface area contributed by atoms with Gasteiger partial charge in [0, 0.05) is 37.4 Å². The van der Waals surface area contributed by atoms with E-state index < -0.39 is 23.3 Å². The summed E-state index contributed by atoms with van der Waals surface area (Å²) in [5.41, 5.74) is 0.933. The van der Waals surface area contributed by atoms with Crippen molar-refractivity contribution in [1.29, 1.82) is 0 Å². The monoisotopic (exact) mass is 473 g/mol. The summed E-state index contributed by atoms with van der Waals surface area (Å²) in [5, 5.41) is 9.73. The Hall–Kier alpha value is -4.40. The van der Waals surface area contributed by atoms with E-state index in [1.54, 1.807) is 34.5 Å². The van der Waals surface area contributed by atoms with Gasteiger partial charge >= 0.3 is 0 Å². The minimum absolute atomic E-state index is 0.0639. The van der Waals surface area contributed by atoms with Crippen LogP contribution in [0.4, 0.5) is 0 Å². The van der Waals surface area contributed by atoms with E-state index in [0.717, 1.165) is 11.3 Å². The Morgan fingerprint density at radius 1 is 1.00 bits per heavy atom. The molecule has 2 amide bonds. The van der Waals surface area contributed by atoms with E-state index in [-0.39, 0.29) is 23.7 Å². The first kappa shape index (κ1) is 23.7. The molecule has 1 aromatic carbocycles. The number of furan rings is 1. The fourth-order valence-electron chi connectivity index (χ4n) is 3.57. The number of aromatic nitrogens is 3. The molecule has 0 bridgehead atoms. The Morgan fingerprint density at radius 2 is 1.71 bits per heavy atom. The fraction of sp³-hybridized carbons (Fsp3) is 0.231. The molecule has 9 heteroatoms. The zero-order valence-corrected chi connectivity index (χ0v) is 19.8. The van der Waals surface area contributed by atoms with Crippen molar-refractivity contribution >= 4 is 11.8 Å². The third kappa shape index (κ3) is 5.40. The summed E-state index contributed by atoms with van der Waals surface area (Å²) in [6.45, 7) is 5.79. The number of carbonyl (C=O) groups is 2. The van der Waals surface area contributed by atoms with Crippen molar-refractivity contribution in [2.45, 2.75) is 39.4 Å². The van der Waals surface area contributed by atoms with Crippen LogP contribution in [0.3, 0.4) is 0 Å². The number of benzene rings is 1. The van der Waals surface area contributed by atoms with Gasteiger partial charge in [0.25, 0.3) is 11.8 Å². The van der Waals surface area contributed by atoms with Crippen LogP contribution in [0.2, 0.25) is 0 Å². The maximum Gasteiger partial charge on any atom is 0.257 e. The molecular weight excluding hydrogens is 446 g/mol. The van der Waals surface area contributed by atoms with Crippen LogP contribution >= 0.6 is 0 Å². The van der Waals surface area contributed by atoms with Crippen LogP contribution in [0.15, 0.2) is 82.7 Å². The summed E-state index contributed by atoms with van der Waals surface area (Å²) in [7, 11) is 0. The summed E-state index contributed by atoms with van der Waals surface area (Å²) >= 11 is 0. The van der Waals surface area contributed by atoms with Crippen LogP contribution in [0.25, 0.3) is 5.69 Å². The highest BCUT2D eigenvalue weighted by atomic mass is 16.3. The SMILES string of the molecule is CC(C)n1cc(C(=O)NCc2ccc(-n3cccn3)cc2)c(=O)c(C(=O)N[C@H](C)c2ccco2)c1. The van der Waals surface area contributed by atoms with Crippen LogP contribution in [-0.2, 0) is 6.54 Å². The van der Waals surface area contributed by atoms with Gasteiger partial charge in [0.1, 0.15) is 16.9 Å². The van der Waals surface area contributed by atoms with Crippen molar-refractivity contribution in [3.63, 3.8) is 0 Å². The second-order valence-corrected chi connectivity index (χ2v) is 8.47. The molecule has 0 aliphatic rings. The van der Waals surface area contributed by atoms with Crippen LogP contribution < -0.4 is 16.1 Å². The highest BCUT2D eigenvalue weighted by Gasteiger charge is 2.22. The average Bonchev–Trinajstić information content (AvgIpc) is 3.57. The van der Waals surface area contributed by atoms with Gasteiger partial charge in [-0.25, -0.2) is 4.68 Å². The zero-order valence-electron chi connectivity index (χ0n) is 19.8. The molecule has 0 saturated heterocycles. The number of rotatable bonds is 8. The van der Waals surface area contributed by atoms with E-state index in [1.807, 2.05) is 50.4 Å². The molecule has 2 N–H and O–H groups in total. The van der Waals surface area contributed by atoms with Crippen LogP contribution in [0.5, 0.6) is 0 Å². The van der Waals surface area contributed by atoms with E-state index in [0.29, 0.717) is 5.76 Å². The van der Waals surface area contributed by atoms with E-state index >= 15 is 0 Å². The first-order valence-electron chi connectivity index (χ1n) is 11.3. The Labute approximate surface area is 202 Å². The van der Waals surface area contributed by atoms with Gasteiger partial charge in [0.05, 0.1) is 18.0 Å². The molecule has 0 unspecified atom stereocenters. The quantitative estimate of drug-likeness (QED) is 0.406. The average molecular weight is 474 g/mol. The highest BCUT2D eigenvalue weighted by molar-refractivity contribution is 5.99. The summed E-state index contributed by atoms with van der Waals surface area (Å²) in [5.74, 6) is -0.554. The van der Waals surface area contributed by atoms with Gasteiger partial charge in [-0.2, -0.15) is 5.10 Å². The van der Waals surface area contributed by atoms with Crippen LogP contribution in [0.1, 0.15) is 64.9 Å². The molecule has 4 rings (SSSR count). The molecule has 0 saturated carbocycles. The van der Waals surface area contributed by atoms with Crippen molar-refractivity contribution in [3.8, 4) is 5.69 Å². The van der Waals surface area contributed by atoms with Gasteiger partial charge in [-0.1, -0.05) is 12.1 Å². The van der Waals surface area contributed by atoms with Gasteiger partial charge in [-0.15, -0.1) is 0 Å². The molecular formula is C26H27N5O4. The van der Waals surface area contributed by atoms with E-state index in [2.05, 4.69) is 15.7 Å². The lowest BCUT2D eigenvalue weighted by Gasteiger charge is -2.16. The number of hydrogen-bond acceptors (Lipinski definition) is 5. The maximum absolute atomic E-state index is 13.1. The molecule has 0 fully saturated rings. The molecule has 0 aliphatic heterocycles. The summed E-state index contributed by atoms with van der Waals surface area (Å²) in [4.78, 5) is 39.0. The predicted molar refractivity (Wildman–Crippen MR) is 130 cm³/mol. The number of hydrogen-bond donors (Lipinski definition) is 2. The standard InChI is InChI=1S/C26H27N5O4/c1-17(2)30-15-21(24(32)22(16-30)26(34)29-18(3)23-6-4-13-35-23)25(33)27-14-19-7-9-20(10-8-19)31-12-5-11-28-31/h4-13,15-18H,14H2,1-3H3,(H,27,33)(H,29,34)/t18-/m1/s1. The van der Waals surface area contributed by atoms with Crippen LogP contribution in [-0.4, -0.2) is 26.2 Å². The molecule has 3 aromatic heterocycles. The Balaban J connectivity index is 1.52. The summed E-state index contributed by atoms with van der Waals surface area (Å²) < 4.78 is 8.74. The van der Waals surface area contributed by atoms with Crippen molar-refractivity contribution in [2.24, 2.45) is 0 Å². The van der Waals surface area contributed by atoms with E-state index in [9.17, 15) is 14.4 Å². The second kappa shape index (κ2) is 10.3. The zero-order chi connectivity index (χ0) is 24.9. The molecule has 4 aromatic rings. The molecule has 0 aliphatic carbocycles. The summed E-state index contributed by atoms with van der Waals surface area (Å²) in [6.07, 6.45) is 8.01. The lowest BCUT2D eigenvalue weighted by Crippen LogP contribution is -2.36. The number of pyridine rings is 1. The van der Waals surface area contributed by atoms with Gasteiger partial charge < -0.3 is 19.6 Å². The summed E-state index contributed by atoms with van der Waals surface area (Å²) in [6, 6.07) is 12.3. The molecule has 0 radical (unpaired) electrons. The molecule has 0 spiro atoms. The number of amides is 2. The second-order valence-electron chi connectivity index (χ2n) is 8.47. The van der Waals surface area contributed by atoms with Crippen molar-refractivity contribution in [1.82, 2.24) is 25.0 Å². The Bertz CT molecular complexity index is 1350. The van der Waals surface area contributed by atoms with Gasteiger partial charge in [-0.05, 0) is 56.7 Å².